The summed E-state index contributed by atoms with van der Waals surface area (Å²) in [5, 5.41) is 0.941. The van der Waals surface area contributed by atoms with Gasteiger partial charge in [0.1, 0.15) is 23.6 Å². The van der Waals surface area contributed by atoms with Crippen LogP contribution in [0.3, 0.4) is 0 Å². The number of fused-ring (bicyclic) bond motifs is 2. The van der Waals surface area contributed by atoms with Crippen molar-refractivity contribution < 1.29 is 0 Å². The van der Waals surface area contributed by atoms with Gasteiger partial charge in [-0.25, -0.2) is 15.0 Å². The Morgan fingerprint density at radius 3 is 2.42 bits per heavy atom. The molecular weight excluding hydrogens is 472 g/mol. The number of likely N-dealkylation sites (N-methyl/N-ethyl adjacent to an activating group) is 1. The Bertz CT molecular complexity index is 1570. The smallest absolute Gasteiger partial charge is 0.146 e. The number of piperazine rings is 1. The number of hydrogen-bond donors (Lipinski definition) is 2. The van der Waals surface area contributed by atoms with E-state index in [0.29, 0.717) is 17.9 Å². The first-order valence-electron chi connectivity index (χ1n) is 13.7. The molecule has 4 heterocycles. The summed E-state index contributed by atoms with van der Waals surface area (Å²) in [6.45, 7) is 4.73. The van der Waals surface area contributed by atoms with Gasteiger partial charge in [0.15, 0.2) is 0 Å². The van der Waals surface area contributed by atoms with E-state index in [1.807, 2.05) is 18.2 Å². The van der Waals surface area contributed by atoms with E-state index in [1.165, 1.54) is 39.0 Å². The maximum absolute atomic E-state index is 6.47. The molecule has 3 N–H and O–H groups in total. The zero-order chi connectivity index (χ0) is 25.6. The second-order valence-corrected chi connectivity index (χ2v) is 10.9. The van der Waals surface area contributed by atoms with E-state index < -0.39 is 0 Å². The minimum absolute atomic E-state index is 0.421. The Balaban J connectivity index is 1.20. The Hall–Kier alpha value is -3.75. The number of nitrogens with zero attached hydrogens (tertiary/aromatic N) is 6. The van der Waals surface area contributed by atoms with Crippen molar-refractivity contribution in [2.24, 2.45) is 0 Å². The maximum Gasteiger partial charge on any atom is 0.146 e. The van der Waals surface area contributed by atoms with E-state index in [9.17, 15) is 0 Å². The number of aromatic nitrogens is 5. The Morgan fingerprint density at radius 2 is 1.63 bits per heavy atom. The van der Waals surface area contributed by atoms with Crippen molar-refractivity contribution in [1.82, 2.24) is 34.3 Å². The van der Waals surface area contributed by atoms with E-state index in [2.05, 4.69) is 67.9 Å². The van der Waals surface area contributed by atoms with E-state index in [1.54, 1.807) is 6.33 Å². The van der Waals surface area contributed by atoms with Crippen LogP contribution in [0.2, 0.25) is 0 Å². The first-order valence-corrected chi connectivity index (χ1v) is 13.7. The third-order valence-electron chi connectivity index (χ3n) is 8.59. The van der Waals surface area contributed by atoms with Gasteiger partial charge in [0.2, 0.25) is 0 Å². The normalized spacial score (nSPS) is 21.4. The number of nitrogens with two attached hydrogens (primary N) is 1. The van der Waals surface area contributed by atoms with Crippen LogP contribution in [-0.4, -0.2) is 73.6 Å². The van der Waals surface area contributed by atoms with Gasteiger partial charge < -0.3 is 20.2 Å². The lowest BCUT2D eigenvalue weighted by Crippen LogP contribution is -2.49. The molecule has 1 saturated heterocycles. The molecule has 2 fully saturated rings. The zero-order valence-electron chi connectivity index (χ0n) is 21.8. The van der Waals surface area contributed by atoms with E-state index in [4.69, 9.17) is 15.7 Å². The van der Waals surface area contributed by atoms with Gasteiger partial charge in [-0.05, 0) is 50.4 Å². The summed E-state index contributed by atoms with van der Waals surface area (Å²) in [7, 11) is 2.23. The molecule has 0 spiro atoms. The summed E-state index contributed by atoms with van der Waals surface area (Å²) in [4.78, 5) is 22.5. The molecule has 194 valence electrons. The van der Waals surface area contributed by atoms with E-state index in [-0.39, 0.29) is 0 Å². The number of anilines is 1. The maximum atomic E-state index is 6.47. The predicted octanol–water partition coefficient (Wildman–Crippen LogP) is 4.95. The number of nitrogens with one attached hydrogen (secondary N) is 1. The molecule has 2 aromatic carbocycles. The molecule has 5 aromatic rings. The Morgan fingerprint density at radius 1 is 0.868 bits per heavy atom. The van der Waals surface area contributed by atoms with Gasteiger partial charge in [-0.15, -0.1) is 0 Å². The van der Waals surface area contributed by atoms with Crippen molar-refractivity contribution in [3.8, 4) is 22.5 Å². The molecule has 0 radical (unpaired) electrons. The van der Waals surface area contributed by atoms with Gasteiger partial charge in [-0.2, -0.15) is 0 Å². The minimum atomic E-state index is 0.421. The molecule has 0 atom stereocenters. The van der Waals surface area contributed by atoms with Crippen molar-refractivity contribution in [3.05, 3.63) is 61.1 Å². The lowest BCUT2D eigenvalue weighted by molar-refractivity contribution is 0.0828. The van der Waals surface area contributed by atoms with Gasteiger partial charge >= 0.3 is 0 Å². The summed E-state index contributed by atoms with van der Waals surface area (Å²) in [5.74, 6) is 1.41. The van der Waals surface area contributed by atoms with Crippen molar-refractivity contribution in [3.63, 3.8) is 0 Å². The number of benzene rings is 2. The van der Waals surface area contributed by atoms with Gasteiger partial charge in [-0.3, -0.25) is 4.90 Å². The number of aromatic amines is 1. The third-order valence-corrected chi connectivity index (χ3v) is 8.59. The van der Waals surface area contributed by atoms with Gasteiger partial charge in [-0.1, -0.05) is 36.4 Å². The highest BCUT2D eigenvalue weighted by Gasteiger charge is 2.30. The van der Waals surface area contributed by atoms with Gasteiger partial charge in [0, 0.05) is 55.6 Å². The van der Waals surface area contributed by atoms with E-state index in [0.717, 1.165) is 57.4 Å². The topological polar surface area (TPSA) is 91.9 Å². The van der Waals surface area contributed by atoms with Crippen LogP contribution in [0.5, 0.6) is 0 Å². The summed E-state index contributed by atoms with van der Waals surface area (Å²) >= 11 is 0. The summed E-state index contributed by atoms with van der Waals surface area (Å²) in [6.07, 6.45) is 8.62. The molecule has 3 aromatic heterocycles. The minimum Gasteiger partial charge on any atom is -0.383 e. The highest BCUT2D eigenvalue weighted by Crippen LogP contribution is 2.39. The largest absolute Gasteiger partial charge is 0.383 e. The molecule has 38 heavy (non-hydrogen) atoms. The highest BCUT2D eigenvalue weighted by molar-refractivity contribution is 6.02. The number of hydrogen-bond acceptors (Lipinski definition) is 6. The molecule has 7 rings (SSSR count). The summed E-state index contributed by atoms with van der Waals surface area (Å²) < 4.78 is 2.37. The summed E-state index contributed by atoms with van der Waals surface area (Å²) in [6, 6.07) is 17.7. The molecular formula is C30H34N8. The standard InChI is InChI=1S/C30H34N8/c1-36-13-15-37(16-14-36)22-8-10-23(11-9-22)38-18-24(27-28(31)32-19-33-30(27)38)21-7-12-25-26(17-21)35-29(34-25)20-5-3-2-4-6-20/h2-7,12,17-19,22-23H,8-11,13-16H2,1H3,(H,34,35)(H2,31,32,33). The lowest BCUT2D eigenvalue weighted by atomic mass is 9.89. The van der Waals surface area contributed by atoms with Crippen LogP contribution in [0.4, 0.5) is 5.82 Å². The van der Waals surface area contributed by atoms with Crippen LogP contribution in [0.1, 0.15) is 31.7 Å². The first kappa shape index (κ1) is 23.4. The second-order valence-electron chi connectivity index (χ2n) is 10.9. The second kappa shape index (κ2) is 9.53. The molecule has 8 nitrogen and oxygen atoms in total. The molecule has 0 bridgehead atoms. The Kier molecular flexibility index (Phi) is 5.86. The first-order chi connectivity index (χ1) is 18.6. The van der Waals surface area contributed by atoms with Crippen molar-refractivity contribution in [2.75, 3.05) is 39.0 Å². The number of H-pyrrole nitrogens is 1. The van der Waals surface area contributed by atoms with Crippen molar-refractivity contribution in [1.29, 1.82) is 0 Å². The van der Waals surface area contributed by atoms with Crippen LogP contribution < -0.4 is 5.73 Å². The Labute approximate surface area is 222 Å². The monoisotopic (exact) mass is 506 g/mol. The van der Waals surface area contributed by atoms with Crippen LogP contribution in [-0.2, 0) is 0 Å². The molecule has 0 amide bonds. The van der Waals surface area contributed by atoms with Crippen molar-refractivity contribution in [2.45, 2.75) is 37.8 Å². The molecule has 1 saturated carbocycles. The third kappa shape index (κ3) is 4.14. The van der Waals surface area contributed by atoms with Gasteiger partial charge in [0.05, 0.1) is 16.4 Å². The van der Waals surface area contributed by atoms with E-state index >= 15 is 0 Å². The fraction of sp³-hybridized carbons (Fsp3) is 0.367. The molecule has 0 unspecified atom stereocenters. The lowest BCUT2D eigenvalue weighted by Gasteiger charge is -2.41. The molecule has 8 heteroatoms. The van der Waals surface area contributed by atoms with Gasteiger partial charge in [0.25, 0.3) is 0 Å². The average molecular weight is 507 g/mol. The van der Waals surface area contributed by atoms with Crippen LogP contribution in [0.15, 0.2) is 61.1 Å². The number of nitrogen functional groups attached to an aromatic ring is 1. The van der Waals surface area contributed by atoms with Crippen LogP contribution in [0.25, 0.3) is 44.6 Å². The predicted molar refractivity (Wildman–Crippen MR) is 153 cm³/mol. The molecule has 1 aliphatic carbocycles. The molecule has 1 aliphatic heterocycles. The average Bonchev–Trinajstić information content (AvgIpc) is 3.57. The highest BCUT2D eigenvalue weighted by atomic mass is 15.3. The quantitative estimate of drug-likeness (QED) is 0.358. The van der Waals surface area contributed by atoms with Crippen LogP contribution in [0, 0.1) is 0 Å². The number of imidazole rings is 1. The molecule has 2 aliphatic rings. The fourth-order valence-electron chi connectivity index (χ4n) is 6.40. The SMILES string of the molecule is CN1CCN(C2CCC(n3cc(-c4ccc5nc(-c6ccccc6)[nH]c5c4)c4c(N)ncnc43)CC2)CC1. The summed E-state index contributed by atoms with van der Waals surface area (Å²) in [5.41, 5.74) is 12.6. The van der Waals surface area contributed by atoms with Crippen LogP contribution >= 0.6 is 0 Å². The number of rotatable bonds is 4. The zero-order valence-corrected chi connectivity index (χ0v) is 21.8. The van der Waals surface area contributed by atoms with Crippen molar-refractivity contribution >= 4 is 27.9 Å². The fourth-order valence-corrected chi connectivity index (χ4v) is 6.40.